The van der Waals surface area contributed by atoms with E-state index in [-0.39, 0.29) is 42.2 Å². The molecule has 0 aliphatic heterocycles. The molecule has 0 spiro atoms. The quantitative estimate of drug-likeness (QED) is 0.205. The van der Waals surface area contributed by atoms with E-state index < -0.39 is 40.4 Å². The van der Waals surface area contributed by atoms with Crippen LogP contribution in [0.4, 0.5) is 26.3 Å². The second kappa shape index (κ2) is 11.7. The Morgan fingerprint density at radius 1 is 0.978 bits per heavy atom. The fraction of sp³-hybridized carbons (Fsp3) is 0.265. The van der Waals surface area contributed by atoms with Crippen LogP contribution in [0.15, 0.2) is 89.9 Å². The van der Waals surface area contributed by atoms with Gasteiger partial charge in [0.15, 0.2) is 0 Å². The zero-order valence-electron chi connectivity index (χ0n) is 24.6. The van der Waals surface area contributed by atoms with Gasteiger partial charge in [0.05, 0.1) is 11.1 Å². The third-order valence-electron chi connectivity index (χ3n) is 8.25. The molecule has 1 amide bonds. The summed E-state index contributed by atoms with van der Waals surface area (Å²) in [4.78, 5) is 33.0. The molecule has 0 bridgehead atoms. The number of halogens is 6. The van der Waals surface area contributed by atoms with Gasteiger partial charge in [0, 0.05) is 43.2 Å². The molecular weight excluding hydrogens is 596 g/mol. The highest BCUT2D eigenvalue weighted by atomic mass is 19.4. The van der Waals surface area contributed by atoms with Crippen molar-refractivity contribution in [2.24, 2.45) is 7.05 Å². The summed E-state index contributed by atoms with van der Waals surface area (Å²) in [5.41, 5.74) is -2.30. The summed E-state index contributed by atoms with van der Waals surface area (Å²) in [6.45, 7) is 1.87. The molecule has 2 aromatic heterocycles. The molecule has 0 N–H and O–H groups in total. The van der Waals surface area contributed by atoms with E-state index >= 15 is 0 Å². The zero-order chi connectivity index (χ0) is 32.7. The van der Waals surface area contributed by atoms with Gasteiger partial charge in [-0.1, -0.05) is 60.2 Å². The van der Waals surface area contributed by atoms with E-state index in [1.165, 1.54) is 29.8 Å². The van der Waals surface area contributed by atoms with E-state index in [4.69, 9.17) is 0 Å². The molecule has 2 aromatic carbocycles. The number of amides is 1. The minimum Gasteiger partial charge on any atom is -0.340 e. The molecule has 0 saturated heterocycles. The van der Waals surface area contributed by atoms with Crippen LogP contribution in [-0.2, 0) is 24.8 Å². The van der Waals surface area contributed by atoms with Crippen molar-refractivity contribution in [3.05, 3.63) is 123 Å². The largest absolute Gasteiger partial charge is 0.416 e. The van der Waals surface area contributed by atoms with Gasteiger partial charge in [-0.05, 0) is 55.2 Å². The molecule has 0 radical (unpaired) electrons. The van der Waals surface area contributed by atoms with E-state index in [1.54, 1.807) is 36.4 Å². The standard InChI is InChI=1S/C34H29F6N3O2/c1-21-9-11-22(12-10-21)27-26-8-7-16-41-28(26)30(44)43(3)29(27)31(45)42(2)17-15-32(13-5-4-6-14-32)23-18-24(33(35,36)37)20-25(19-23)34(38,39)40/h4-13,16,18-20H,14-15,17H2,1-3H3/t32-/m1/s1. The fourth-order valence-electron chi connectivity index (χ4n) is 5.70. The van der Waals surface area contributed by atoms with Gasteiger partial charge >= 0.3 is 12.4 Å². The number of aromatic nitrogens is 2. The number of benzene rings is 2. The molecule has 1 atom stereocenters. The minimum atomic E-state index is -5.00. The van der Waals surface area contributed by atoms with Gasteiger partial charge in [-0.25, -0.2) is 0 Å². The van der Waals surface area contributed by atoms with Crippen LogP contribution in [0.3, 0.4) is 0 Å². The third kappa shape index (κ3) is 6.16. The van der Waals surface area contributed by atoms with E-state index in [1.807, 2.05) is 31.2 Å². The number of aryl methyl sites for hydroxylation is 1. The Hall–Kier alpha value is -4.67. The van der Waals surface area contributed by atoms with Crippen LogP contribution in [0.5, 0.6) is 0 Å². The van der Waals surface area contributed by atoms with Crippen molar-refractivity contribution in [2.75, 3.05) is 13.6 Å². The van der Waals surface area contributed by atoms with Crippen LogP contribution in [0.25, 0.3) is 22.0 Å². The molecule has 0 unspecified atom stereocenters. The summed E-state index contributed by atoms with van der Waals surface area (Å²) in [5.74, 6) is -0.540. The fourth-order valence-corrected chi connectivity index (χ4v) is 5.70. The van der Waals surface area contributed by atoms with E-state index in [9.17, 15) is 35.9 Å². The van der Waals surface area contributed by atoms with Gasteiger partial charge < -0.3 is 9.47 Å². The van der Waals surface area contributed by atoms with Crippen molar-refractivity contribution in [2.45, 2.75) is 37.5 Å². The van der Waals surface area contributed by atoms with Crippen molar-refractivity contribution in [3.63, 3.8) is 0 Å². The van der Waals surface area contributed by atoms with Crippen molar-refractivity contribution in [3.8, 4) is 11.1 Å². The topological polar surface area (TPSA) is 55.2 Å². The van der Waals surface area contributed by atoms with Crippen molar-refractivity contribution >= 4 is 16.8 Å². The van der Waals surface area contributed by atoms with Crippen LogP contribution in [0.2, 0.25) is 0 Å². The number of nitrogens with zero attached hydrogens (tertiary/aromatic N) is 3. The zero-order valence-corrected chi connectivity index (χ0v) is 24.6. The first-order valence-corrected chi connectivity index (χ1v) is 14.1. The molecular formula is C34H29F6N3O2. The predicted molar refractivity (Wildman–Crippen MR) is 160 cm³/mol. The SMILES string of the molecule is Cc1ccc(-c2c(C(=O)N(C)CC[C@@]3(c4cc(C(F)(F)F)cc(C(F)(F)F)c4)C=CC=CC3)n(C)c(=O)c3ncccc23)cc1. The number of hydrogen-bond acceptors (Lipinski definition) is 3. The Labute approximate surface area is 255 Å². The molecule has 1 aliphatic rings. The van der Waals surface area contributed by atoms with Crippen LogP contribution >= 0.6 is 0 Å². The summed E-state index contributed by atoms with van der Waals surface area (Å²) in [6.07, 6.45) is -1.88. The highest BCUT2D eigenvalue weighted by Gasteiger charge is 2.40. The number of carbonyl (C=O) groups excluding carboxylic acids is 1. The molecule has 5 rings (SSSR count). The normalized spacial score (nSPS) is 16.7. The Kier molecular flexibility index (Phi) is 8.24. The first-order chi connectivity index (χ1) is 21.1. The van der Waals surface area contributed by atoms with Crippen molar-refractivity contribution in [1.82, 2.24) is 14.5 Å². The minimum absolute atomic E-state index is 0.0115. The Morgan fingerprint density at radius 3 is 2.20 bits per heavy atom. The Bertz CT molecular complexity index is 1860. The van der Waals surface area contributed by atoms with Crippen LogP contribution in [0, 0.1) is 6.92 Å². The van der Waals surface area contributed by atoms with E-state index in [0.29, 0.717) is 16.5 Å². The number of fused-ring (bicyclic) bond motifs is 1. The van der Waals surface area contributed by atoms with Gasteiger partial charge in [-0.3, -0.25) is 14.6 Å². The molecule has 2 heterocycles. The van der Waals surface area contributed by atoms with E-state index in [0.717, 1.165) is 17.7 Å². The van der Waals surface area contributed by atoms with Crippen molar-refractivity contribution < 1.29 is 31.1 Å². The van der Waals surface area contributed by atoms with Gasteiger partial charge in [-0.2, -0.15) is 26.3 Å². The number of hydrogen-bond donors (Lipinski definition) is 0. The highest BCUT2D eigenvalue weighted by molar-refractivity contribution is 6.07. The molecule has 4 aromatic rings. The maximum Gasteiger partial charge on any atom is 0.416 e. The van der Waals surface area contributed by atoms with Gasteiger partial charge in [-0.15, -0.1) is 0 Å². The predicted octanol–water partition coefficient (Wildman–Crippen LogP) is 7.86. The molecule has 0 saturated carbocycles. The first kappa shape index (κ1) is 31.7. The van der Waals surface area contributed by atoms with Gasteiger partial charge in [0.1, 0.15) is 11.2 Å². The summed E-state index contributed by atoms with van der Waals surface area (Å²) in [5, 5.41) is 0.474. The maximum absolute atomic E-state index is 14.1. The number of rotatable bonds is 6. The Balaban J connectivity index is 1.57. The number of alkyl halides is 6. The van der Waals surface area contributed by atoms with Crippen molar-refractivity contribution in [1.29, 1.82) is 0 Å². The van der Waals surface area contributed by atoms with Gasteiger partial charge in [0.2, 0.25) is 0 Å². The summed E-state index contributed by atoms with van der Waals surface area (Å²) in [6, 6.07) is 12.4. The number of allylic oxidation sites excluding steroid dienone is 4. The summed E-state index contributed by atoms with van der Waals surface area (Å²) in [7, 11) is 2.95. The summed E-state index contributed by atoms with van der Waals surface area (Å²) >= 11 is 0. The second-order valence-corrected chi connectivity index (χ2v) is 11.3. The lowest BCUT2D eigenvalue weighted by atomic mass is 9.72. The monoisotopic (exact) mass is 625 g/mol. The molecule has 5 nitrogen and oxygen atoms in total. The van der Waals surface area contributed by atoms with Crippen LogP contribution in [-0.4, -0.2) is 34.0 Å². The second-order valence-electron chi connectivity index (χ2n) is 11.3. The average molecular weight is 626 g/mol. The molecule has 45 heavy (non-hydrogen) atoms. The lowest BCUT2D eigenvalue weighted by Crippen LogP contribution is -2.37. The molecule has 11 heteroatoms. The van der Waals surface area contributed by atoms with Crippen LogP contribution < -0.4 is 5.56 Å². The van der Waals surface area contributed by atoms with E-state index in [2.05, 4.69) is 4.98 Å². The molecule has 234 valence electrons. The lowest BCUT2D eigenvalue weighted by Gasteiger charge is -2.35. The molecule has 1 aliphatic carbocycles. The Morgan fingerprint density at radius 2 is 1.62 bits per heavy atom. The lowest BCUT2D eigenvalue weighted by molar-refractivity contribution is -0.143. The van der Waals surface area contributed by atoms with Crippen LogP contribution in [0.1, 0.15) is 45.6 Å². The number of pyridine rings is 2. The maximum atomic E-state index is 14.1. The highest BCUT2D eigenvalue weighted by Crippen LogP contribution is 2.43. The summed E-state index contributed by atoms with van der Waals surface area (Å²) < 4.78 is 83.6. The van der Waals surface area contributed by atoms with Gasteiger partial charge in [0.25, 0.3) is 11.5 Å². The third-order valence-corrected chi connectivity index (χ3v) is 8.25. The number of carbonyl (C=O) groups is 1. The average Bonchev–Trinajstić information content (AvgIpc) is 3.01. The first-order valence-electron chi connectivity index (χ1n) is 14.1. The smallest absolute Gasteiger partial charge is 0.340 e. The molecule has 0 fully saturated rings.